The summed E-state index contributed by atoms with van der Waals surface area (Å²) in [6, 6.07) is 5.85. The molecule has 0 aromatic carbocycles. The van der Waals surface area contributed by atoms with Gasteiger partial charge in [-0.25, -0.2) is 4.98 Å². The van der Waals surface area contributed by atoms with Crippen LogP contribution in [-0.4, -0.2) is 35.6 Å². The Labute approximate surface area is 96.4 Å². The summed E-state index contributed by atoms with van der Waals surface area (Å²) >= 11 is 0. The summed E-state index contributed by atoms with van der Waals surface area (Å²) in [5.41, 5.74) is 7.18. The number of hydrogen-bond acceptors (Lipinski definition) is 4. The number of nitrogens with zero attached hydrogens (tertiary/aromatic N) is 2. The fourth-order valence-corrected chi connectivity index (χ4v) is 2.07. The zero-order valence-electron chi connectivity index (χ0n) is 9.94. The summed E-state index contributed by atoms with van der Waals surface area (Å²) < 4.78 is 5.10. The van der Waals surface area contributed by atoms with Crippen LogP contribution in [0.25, 0.3) is 0 Å². The van der Waals surface area contributed by atoms with Gasteiger partial charge in [0.05, 0.1) is 12.8 Å². The summed E-state index contributed by atoms with van der Waals surface area (Å²) in [5.74, 6) is 0.674. The highest BCUT2D eigenvalue weighted by atomic mass is 16.5. The van der Waals surface area contributed by atoms with Gasteiger partial charge in [0.1, 0.15) is 0 Å². The predicted octanol–water partition coefficient (Wildman–Crippen LogP) is 1.01. The second-order valence-corrected chi connectivity index (χ2v) is 4.53. The highest BCUT2D eigenvalue weighted by Gasteiger charge is 2.37. The van der Waals surface area contributed by atoms with Crippen molar-refractivity contribution in [2.75, 3.05) is 20.2 Å². The third-order valence-corrected chi connectivity index (χ3v) is 3.16. The van der Waals surface area contributed by atoms with Gasteiger partial charge in [0.2, 0.25) is 5.88 Å². The molecular weight excluding hydrogens is 202 g/mol. The van der Waals surface area contributed by atoms with Crippen LogP contribution >= 0.6 is 0 Å². The van der Waals surface area contributed by atoms with Crippen LogP contribution in [0, 0.1) is 0 Å². The average molecular weight is 221 g/mol. The molecule has 0 amide bonds. The molecule has 88 valence electrons. The fourth-order valence-electron chi connectivity index (χ4n) is 2.07. The van der Waals surface area contributed by atoms with Crippen LogP contribution in [0.3, 0.4) is 0 Å². The number of aromatic nitrogens is 1. The van der Waals surface area contributed by atoms with E-state index in [1.807, 2.05) is 18.2 Å². The molecule has 1 aliphatic heterocycles. The molecule has 4 heteroatoms. The maximum Gasteiger partial charge on any atom is 0.213 e. The molecule has 2 N–H and O–H groups in total. The Morgan fingerprint density at radius 2 is 2.25 bits per heavy atom. The van der Waals surface area contributed by atoms with E-state index in [4.69, 9.17) is 10.5 Å². The molecule has 1 aromatic heterocycles. The molecule has 0 bridgehead atoms. The summed E-state index contributed by atoms with van der Waals surface area (Å²) in [7, 11) is 1.64. The second kappa shape index (κ2) is 4.39. The molecule has 0 saturated carbocycles. The van der Waals surface area contributed by atoms with Crippen molar-refractivity contribution < 1.29 is 4.74 Å². The zero-order chi connectivity index (χ0) is 11.6. The molecule has 0 radical (unpaired) electrons. The van der Waals surface area contributed by atoms with Crippen molar-refractivity contribution in [2.45, 2.75) is 25.4 Å². The minimum Gasteiger partial charge on any atom is -0.481 e. The molecule has 4 nitrogen and oxygen atoms in total. The molecule has 2 rings (SSSR count). The van der Waals surface area contributed by atoms with Gasteiger partial charge in [-0.05, 0) is 12.5 Å². The van der Waals surface area contributed by atoms with E-state index in [2.05, 4.69) is 16.8 Å². The minimum absolute atomic E-state index is 0.0267. The molecule has 0 atom stereocenters. The lowest BCUT2D eigenvalue weighted by Crippen LogP contribution is -2.66. The Hall–Kier alpha value is -1.13. The van der Waals surface area contributed by atoms with E-state index < -0.39 is 0 Å². The van der Waals surface area contributed by atoms with Crippen molar-refractivity contribution in [1.29, 1.82) is 0 Å². The first kappa shape index (κ1) is 11.4. The van der Waals surface area contributed by atoms with Crippen molar-refractivity contribution in [2.24, 2.45) is 5.73 Å². The number of methoxy groups -OCH3 is 1. The Morgan fingerprint density at radius 1 is 1.50 bits per heavy atom. The normalized spacial score (nSPS) is 19.2. The van der Waals surface area contributed by atoms with Crippen molar-refractivity contribution in [3.8, 4) is 5.88 Å². The first-order chi connectivity index (χ1) is 7.65. The molecule has 0 aliphatic carbocycles. The molecule has 2 heterocycles. The largest absolute Gasteiger partial charge is 0.481 e. The van der Waals surface area contributed by atoms with Crippen LogP contribution in [0.2, 0.25) is 0 Å². The van der Waals surface area contributed by atoms with E-state index in [-0.39, 0.29) is 5.54 Å². The van der Waals surface area contributed by atoms with E-state index in [1.165, 1.54) is 0 Å². The third kappa shape index (κ3) is 2.33. The molecule has 0 spiro atoms. The Morgan fingerprint density at radius 3 is 2.88 bits per heavy atom. The number of hydrogen-bond donors (Lipinski definition) is 1. The number of likely N-dealkylation sites (tertiary alicyclic amines) is 1. The highest BCUT2D eigenvalue weighted by molar-refractivity contribution is 5.16. The first-order valence-corrected chi connectivity index (χ1v) is 5.66. The van der Waals surface area contributed by atoms with Crippen LogP contribution in [0.4, 0.5) is 0 Å². The highest BCUT2D eigenvalue weighted by Crippen LogP contribution is 2.23. The van der Waals surface area contributed by atoms with Crippen LogP contribution < -0.4 is 10.5 Å². The van der Waals surface area contributed by atoms with Crippen LogP contribution in [0.5, 0.6) is 5.88 Å². The Balaban J connectivity index is 1.91. The van der Waals surface area contributed by atoms with Crippen LogP contribution in [0.15, 0.2) is 18.2 Å². The smallest absolute Gasteiger partial charge is 0.213 e. The molecule has 0 unspecified atom stereocenters. The third-order valence-electron chi connectivity index (χ3n) is 3.16. The Kier molecular flexibility index (Phi) is 3.12. The maximum absolute atomic E-state index is 6.12. The number of pyridine rings is 1. The average Bonchev–Trinajstić information content (AvgIpc) is 2.27. The Bertz CT molecular complexity index is 361. The summed E-state index contributed by atoms with van der Waals surface area (Å²) in [6.07, 6.45) is 1.04. The first-order valence-electron chi connectivity index (χ1n) is 5.66. The van der Waals surface area contributed by atoms with E-state index in [9.17, 15) is 0 Å². The molecule has 1 saturated heterocycles. The minimum atomic E-state index is 0.0267. The van der Waals surface area contributed by atoms with Crippen molar-refractivity contribution in [3.63, 3.8) is 0 Å². The fraction of sp³-hybridized carbons (Fsp3) is 0.583. The monoisotopic (exact) mass is 221 g/mol. The van der Waals surface area contributed by atoms with Gasteiger partial charge in [-0.2, -0.15) is 0 Å². The number of ether oxygens (including phenoxy) is 1. The van der Waals surface area contributed by atoms with Crippen molar-refractivity contribution in [1.82, 2.24) is 9.88 Å². The van der Waals surface area contributed by atoms with E-state index >= 15 is 0 Å². The van der Waals surface area contributed by atoms with Gasteiger partial charge >= 0.3 is 0 Å². The lowest BCUT2D eigenvalue weighted by Gasteiger charge is -2.47. The second-order valence-electron chi connectivity index (χ2n) is 4.53. The van der Waals surface area contributed by atoms with Gasteiger partial charge in [0.15, 0.2) is 0 Å². The number of rotatable bonds is 4. The predicted molar refractivity (Wildman–Crippen MR) is 63.3 cm³/mol. The summed E-state index contributed by atoms with van der Waals surface area (Å²) in [6.45, 7) is 4.92. The van der Waals surface area contributed by atoms with E-state index in [0.29, 0.717) is 5.88 Å². The zero-order valence-corrected chi connectivity index (χ0v) is 9.94. The van der Waals surface area contributed by atoms with Crippen LogP contribution in [0.1, 0.15) is 19.0 Å². The molecule has 1 aromatic rings. The standard InChI is InChI=1S/C12H19N3O/c1-3-12(13)8-15(9-12)7-10-5-4-6-11(14-10)16-2/h4-6H,3,7-9,13H2,1-2H3. The molecule has 16 heavy (non-hydrogen) atoms. The van der Waals surface area contributed by atoms with Crippen LogP contribution in [-0.2, 0) is 6.54 Å². The van der Waals surface area contributed by atoms with Gasteiger partial charge in [-0.15, -0.1) is 0 Å². The summed E-state index contributed by atoms with van der Waals surface area (Å²) in [5, 5.41) is 0. The van der Waals surface area contributed by atoms with Gasteiger partial charge in [-0.3, -0.25) is 4.90 Å². The quantitative estimate of drug-likeness (QED) is 0.824. The topological polar surface area (TPSA) is 51.4 Å². The molecular formula is C12H19N3O. The van der Waals surface area contributed by atoms with E-state index in [0.717, 1.165) is 31.7 Å². The summed E-state index contributed by atoms with van der Waals surface area (Å²) in [4.78, 5) is 6.69. The lowest BCUT2D eigenvalue weighted by molar-refractivity contribution is 0.0594. The SMILES string of the molecule is CCC1(N)CN(Cc2cccc(OC)n2)C1. The van der Waals surface area contributed by atoms with E-state index in [1.54, 1.807) is 7.11 Å². The van der Waals surface area contributed by atoms with Crippen molar-refractivity contribution in [3.05, 3.63) is 23.9 Å². The lowest BCUT2D eigenvalue weighted by atomic mass is 9.88. The molecule has 1 fully saturated rings. The van der Waals surface area contributed by atoms with Gasteiger partial charge in [0, 0.05) is 31.2 Å². The molecule has 1 aliphatic rings. The van der Waals surface area contributed by atoms with Gasteiger partial charge in [0.25, 0.3) is 0 Å². The van der Waals surface area contributed by atoms with Gasteiger partial charge < -0.3 is 10.5 Å². The maximum atomic E-state index is 6.12. The van der Waals surface area contributed by atoms with Crippen molar-refractivity contribution >= 4 is 0 Å². The number of nitrogens with two attached hydrogens (primary N) is 1. The van der Waals surface area contributed by atoms with Gasteiger partial charge in [-0.1, -0.05) is 13.0 Å².